The van der Waals surface area contributed by atoms with E-state index in [2.05, 4.69) is 20.9 Å². The lowest BCUT2D eigenvalue weighted by molar-refractivity contribution is -0.115. The third-order valence-corrected chi connectivity index (χ3v) is 6.12. The van der Waals surface area contributed by atoms with E-state index in [-0.39, 0.29) is 18.9 Å². The molecule has 0 aliphatic heterocycles. The minimum Gasteiger partial charge on any atom is -0.491 e. The van der Waals surface area contributed by atoms with Crippen LogP contribution in [-0.2, 0) is 17.6 Å². The molecule has 8 heteroatoms. The van der Waals surface area contributed by atoms with E-state index in [1.54, 1.807) is 0 Å². The summed E-state index contributed by atoms with van der Waals surface area (Å²) in [5.74, 6) is 0.646. The number of benzene rings is 3. The Kier molecular flexibility index (Phi) is 9.44. The number of carbonyl (C=O) groups excluding carboxylic acids is 1. The molecule has 0 spiro atoms. The monoisotopic (exact) mass is 502 g/mol. The van der Waals surface area contributed by atoms with E-state index < -0.39 is 6.10 Å². The number of nitrogens with one attached hydrogen (secondary N) is 3. The Morgan fingerprint density at radius 3 is 2.42 bits per heavy atom. The van der Waals surface area contributed by atoms with E-state index in [4.69, 9.17) is 4.74 Å². The van der Waals surface area contributed by atoms with Gasteiger partial charge in [0.2, 0.25) is 5.91 Å². The van der Waals surface area contributed by atoms with E-state index >= 15 is 0 Å². The SMILES string of the molecule is O=C(Cc1csc(Nc2ccccc2)n1)Nc1ccc(CCNC[C@H](O)COc2ccccc2)cc1. The van der Waals surface area contributed by atoms with Gasteiger partial charge in [-0.1, -0.05) is 48.5 Å². The number of aromatic nitrogens is 1. The number of anilines is 3. The molecule has 3 aromatic carbocycles. The van der Waals surface area contributed by atoms with Crippen molar-refractivity contribution in [3.63, 3.8) is 0 Å². The van der Waals surface area contributed by atoms with Gasteiger partial charge in [0, 0.05) is 23.3 Å². The summed E-state index contributed by atoms with van der Waals surface area (Å²) in [6, 6.07) is 27.1. The molecule has 0 saturated carbocycles. The summed E-state index contributed by atoms with van der Waals surface area (Å²) in [6.45, 7) is 1.44. The summed E-state index contributed by atoms with van der Waals surface area (Å²) >= 11 is 1.48. The van der Waals surface area contributed by atoms with Crippen LogP contribution in [0, 0.1) is 0 Å². The van der Waals surface area contributed by atoms with Gasteiger partial charge in [0.15, 0.2) is 5.13 Å². The summed E-state index contributed by atoms with van der Waals surface area (Å²) in [6.07, 6.45) is 0.455. The molecule has 1 amide bonds. The first-order valence-corrected chi connectivity index (χ1v) is 12.7. The van der Waals surface area contributed by atoms with E-state index in [1.807, 2.05) is 90.3 Å². The van der Waals surface area contributed by atoms with Crippen molar-refractivity contribution >= 4 is 33.8 Å². The van der Waals surface area contributed by atoms with Crippen LogP contribution >= 0.6 is 11.3 Å². The Morgan fingerprint density at radius 1 is 0.944 bits per heavy atom. The van der Waals surface area contributed by atoms with E-state index in [0.29, 0.717) is 6.54 Å². The Morgan fingerprint density at radius 2 is 1.67 bits per heavy atom. The second-order valence-electron chi connectivity index (χ2n) is 8.29. The molecular weight excluding hydrogens is 472 g/mol. The maximum absolute atomic E-state index is 12.4. The van der Waals surface area contributed by atoms with Gasteiger partial charge in [-0.05, 0) is 54.9 Å². The van der Waals surface area contributed by atoms with E-state index in [1.165, 1.54) is 11.3 Å². The second kappa shape index (κ2) is 13.4. The molecule has 7 nitrogen and oxygen atoms in total. The fourth-order valence-corrected chi connectivity index (χ4v) is 4.21. The maximum atomic E-state index is 12.4. The normalized spacial score (nSPS) is 11.6. The Labute approximate surface area is 215 Å². The molecule has 1 aromatic heterocycles. The van der Waals surface area contributed by atoms with Crippen LogP contribution in [0.15, 0.2) is 90.3 Å². The average molecular weight is 503 g/mol. The molecule has 0 aliphatic rings. The Bertz CT molecular complexity index is 1200. The lowest BCUT2D eigenvalue weighted by Gasteiger charge is -2.13. The second-order valence-corrected chi connectivity index (χ2v) is 9.15. The van der Waals surface area contributed by atoms with Gasteiger partial charge >= 0.3 is 0 Å². The molecule has 0 fully saturated rings. The maximum Gasteiger partial charge on any atom is 0.230 e. The molecule has 36 heavy (non-hydrogen) atoms. The predicted molar refractivity (Wildman–Crippen MR) is 145 cm³/mol. The van der Waals surface area contributed by atoms with Crippen LogP contribution in [0.5, 0.6) is 5.75 Å². The molecule has 0 aliphatic carbocycles. The van der Waals surface area contributed by atoms with Crippen molar-refractivity contribution in [1.82, 2.24) is 10.3 Å². The van der Waals surface area contributed by atoms with Crippen molar-refractivity contribution in [1.29, 1.82) is 0 Å². The van der Waals surface area contributed by atoms with Crippen molar-refractivity contribution in [3.05, 3.63) is 102 Å². The fourth-order valence-electron chi connectivity index (χ4n) is 3.48. The number of hydrogen-bond donors (Lipinski definition) is 4. The zero-order valence-corrected chi connectivity index (χ0v) is 20.7. The molecular formula is C28H30N4O3S. The highest BCUT2D eigenvalue weighted by molar-refractivity contribution is 7.13. The fraction of sp³-hybridized carbons (Fsp3) is 0.214. The molecule has 0 radical (unpaired) electrons. The van der Waals surface area contributed by atoms with Gasteiger partial charge in [-0.15, -0.1) is 11.3 Å². The molecule has 0 unspecified atom stereocenters. The molecule has 186 valence electrons. The standard InChI is InChI=1S/C28H30N4O3S/c33-25(19-35-26-9-5-2-6-10-26)18-29-16-15-21-11-13-23(14-12-21)30-27(34)17-24-20-36-28(32-24)31-22-7-3-1-4-8-22/h1-14,20,25,29,33H,15-19H2,(H,30,34)(H,31,32)/t25-/m0/s1. The van der Waals surface area contributed by atoms with Gasteiger partial charge < -0.3 is 25.8 Å². The van der Waals surface area contributed by atoms with Crippen molar-refractivity contribution in [2.45, 2.75) is 18.9 Å². The lowest BCUT2D eigenvalue weighted by Crippen LogP contribution is -2.32. The number of aliphatic hydroxyl groups is 1. The minimum atomic E-state index is -0.578. The van der Waals surface area contributed by atoms with Crippen LogP contribution in [0.2, 0.25) is 0 Å². The largest absolute Gasteiger partial charge is 0.491 e. The number of hydrogen-bond acceptors (Lipinski definition) is 7. The third-order valence-electron chi connectivity index (χ3n) is 5.31. The number of ether oxygens (including phenoxy) is 1. The number of thiazole rings is 1. The van der Waals surface area contributed by atoms with Crippen molar-refractivity contribution in [2.75, 3.05) is 30.3 Å². The van der Waals surface area contributed by atoms with Crippen LogP contribution in [0.25, 0.3) is 0 Å². The first-order valence-electron chi connectivity index (χ1n) is 11.9. The van der Waals surface area contributed by atoms with Crippen molar-refractivity contribution < 1.29 is 14.6 Å². The number of amides is 1. The Hall–Kier alpha value is -3.72. The summed E-state index contributed by atoms with van der Waals surface area (Å²) in [4.78, 5) is 16.9. The number of nitrogens with zero attached hydrogens (tertiary/aromatic N) is 1. The molecule has 0 saturated heterocycles. The topological polar surface area (TPSA) is 95.5 Å². The van der Waals surface area contributed by atoms with Crippen LogP contribution in [0.4, 0.5) is 16.5 Å². The van der Waals surface area contributed by atoms with Crippen molar-refractivity contribution in [2.24, 2.45) is 0 Å². The molecule has 4 N–H and O–H groups in total. The molecule has 1 heterocycles. The summed E-state index contributed by atoms with van der Waals surface area (Å²) in [5.41, 5.74) is 3.59. The summed E-state index contributed by atoms with van der Waals surface area (Å²) < 4.78 is 5.56. The van der Waals surface area contributed by atoms with Gasteiger partial charge in [-0.25, -0.2) is 4.98 Å². The smallest absolute Gasteiger partial charge is 0.230 e. The molecule has 0 bridgehead atoms. The van der Waals surface area contributed by atoms with Gasteiger partial charge in [-0.3, -0.25) is 4.79 Å². The quantitative estimate of drug-likeness (QED) is 0.199. The molecule has 4 aromatic rings. The van der Waals surface area contributed by atoms with Gasteiger partial charge in [0.1, 0.15) is 18.5 Å². The van der Waals surface area contributed by atoms with Crippen LogP contribution in [0.3, 0.4) is 0 Å². The minimum absolute atomic E-state index is 0.104. The first-order chi connectivity index (χ1) is 17.6. The predicted octanol–water partition coefficient (Wildman–Crippen LogP) is 4.64. The summed E-state index contributed by atoms with van der Waals surface area (Å²) in [7, 11) is 0. The summed E-state index contributed by atoms with van der Waals surface area (Å²) in [5, 5.41) is 22.1. The number of rotatable bonds is 13. The number of aliphatic hydroxyl groups excluding tert-OH is 1. The van der Waals surface area contributed by atoms with Crippen molar-refractivity contribution in [3.8, 4) is 5.75 Å². The highest BCUT2D eigenvalue weighted by Crippen LogP contribution is 2.21. The Balaban J connectivity index is 1.13. The highest BCUT2D eigenvalue weighted by Gasteiger charge is 2.09. The zero-order chi connectivity index (χ0) is 25.0. The van der Waals surface area contributed by atoms with Gasteiger partial charge in [-0.2, -0.15) is 0 Å². The average Bonchev–Trinajstić information content (AvgIpc) is 3.33. The number of carbonyl (C=O) groups is 1. The van der Waals surface area contributed by atoms with Crippen LogP contribution < -0.4 is 20.7 Å². The van der Waals surface area contributed by atoms with Gasteiger partial charge in [0.05, 0.1) is 12.1 Å². The number of para-hydroxylation sites is 2. The van der Waals surface area contributed by atoms with E-state index in [9.17, 15) is 9.90 Å². The van der Waals surface area contributed by atoms with E-state index in [0.717, 1.165) is 46.5 Å². The third kappa shape index (κ3) is 8.49. The lowest BCUT2D eigenvalue weighted by atomic mass is 10.1. The highest BCUT2D eigenvalue weighted by atomic mass is 32.1. The van der Waals surface area contributed by atoms with Gasteiger partial charge in [0.25, 0.3) is 0 Å². The molecule has 4 rings (SSSR count). The van der Waals surface area contributed by atoms with Crippen LogP contribution in [0.1, 0.15) is 11.3 Å². The van der Waals surface area contributed by atoms with Crippen LogP contribution in [-0.4, -0.2) is 41.8 Å². The zero-order valence-electron chi connectivity index (χ0n) is 19.9. The molecule has 1 atom stereocenters. The first kappa shape index (κ1) is 25.4.